The first kappa shape index (κ1) is 20.3. The van der Waals surface area contributed by atoms with Gasteiger partial charge in [-0.1, -0.05) is 17.7 Å². The van der Waals surface area contributed by atoms with Gasteiger partial charge in [0, 0.05) is 24.8 Å². The second kappa shape index (κ2) is 8.39. The molecule has 1 aromatic carbocycles. The molecule has 0 spiro atoms. The number of pyridine rings is 1. The Morgan fingerprint density at radius 3 is 2.69 bits per heavy atom. The molecule has 1 fully saturated rings. The molecular formula is C23H25ClF2N2O. The molecule has 0 atom stereocenters. The lowest BCUT2D eigenvalue weighted by molar-refractivity contribution is -0.0452. The number of fused-ring (bicyclic) bond motifs is 1. The van der Waals surface area contributed by atoms with E-state index in [0.717, 1.165) is 24.1 Å². The fourth-order valence-corrected chi connectivity index (χ4v) is 4.54. The van der Waals surface area contributed by atoms with Crippen molar-refractivity contribution >= 4 is 34.0 Å². The number of nitrogens with one attached hydrogen (secondary N) is 1. The maximum Gasteiger partial charge on any atom is 0.253 e. The smallest absolute Gasteiger partial charge is 0.253 e. The highest BCUT2D eigenvalue weighted by atomic mass is 35.5. The molecule has 1 aromatic heterocycles. The van der Waals surface area contributed by atoms with Crippen molar-refractivity contribution < 1.29 is 13.6 Å². The summed E-state index contributed by atoms with van der Waals surface area (Å²) in [6.07, 6.45) is 7.39. The summed E-state index contributed by atoms with van der Waals surface area (Å²) in [6.45, 7) is 0.389. The summed E-state index contributed by atoms with van der Waals surface area (Å²) >= 11 is 6.35. The third kappa shape index (κ3) is 4.61. The van der Waals surface area contributed by atoms with E-state index in [-0.39, 0.29) is 24.7 Å². The maximum absolute atomic E-state index is 13.3. The van der Waals surface area contributed by atoms with Gasteiger partial charge in [-0.3, -0.25) is 4.79 Å². The van der Waals surface area contributed by atoms with E-state index in [9.17, 15) is 13.6 Å². The van der Waals surface area contributed by atoms with Crippen LogP contribution in [-0.2, 0) is 0 Å². The van der Waals surface area contributed by atoms with Crippen LogP contribution >= 0.6 is 11.6 Å². The highest BCUT2D eigenvalue weighted by Gasteiger charge is 2.34. The first-order chi connectivity index (χ1) is 13.9. The molecule has 1 N–H and O–H groups in total. The van der Waals surface area contributed by atoms with Gasteiger partial charge in [-0.15, -0.1) is 0 Å². The van der Waals surface area contributed by atoms with Gasteiger partial charge in [-0.25, -0.2) is 13.8 Å². The van der Waals surface area contributed by atoms with Crippen molar-refractivity contribution in [2.45, 2.75) is 57.3 Å². The van der Waals surface area contributed by atoms with Crippen molar-refractivity contribution in [3.63, 3.8) is 0 Å². The summed E-state index contributed by atoms with van der Waals surface area (Å²) < 4.78 is 26.6. The predicted octanol–water partition coefficient (Wildman–Crippen LogP) is 6.40. The van der Waals surface area contributed by atoms with Gasteiger partial charge in [0.05, 0.1) is 21.8 Å². The molecule has 29 heavy (non-hydrogen) atoms. The second-order valence-corrected chi connectivity index (χ2v) is 8.58. The number of alkyl halides is 2. The number of aromatic nitrogens is 1. The summed E-state index contributed by atoms with van der Waals surface area (Å²) in [5, 5.41) is 3.98. The Morgan fingerprint density at radius 2 is 1.97 bits per heavy atom. The molecule has 1 amide bonds. The minimum atomic E-state index is -2.56. The number of hydrogen-bond donors (Lipinski definition) is 1. The Bertz CT molecular complexity index is 947. The van der Waals surface area contributed by atoms with E-state index in [0.29, 0.717) is 35.4 Å². The van der Waals surface area contributed by atoms with Crippen molar-refractivity contribution in [3.8, 4) is 0 Å². The van der Waals surface area contributed by atoms with Gasteiger partial charge in [-0.05, 0) is 74.3 Å². The number of hydrogen-bond acceptors (Lipinski definition) is 2. The number of carbonyl (C=O) groups excluding carboxylic acids is 1. The number of carbonyl (C=O) groups is 1. The van der Waals surface area contributed by atoms with Crippen molar-refractivity contribution in [2.75, 3.05) is 6.54 Å². The van der Waals surface area contributed by atoms with Gasteiger partial charge < -0.3 is 5.32 Å². The van der Waals surface area contributed by atoms with Gasteiger partial charge in [0.15, 0.2) is 0 Å². The number of nitrogens with zero attached hydrogens (tertiary/aromatic N) is 1. The van der Waals surface area contributed by atoms with Crippen LogP contribution in [0.3, 0.4) is 0 Å². The van der Waals surface area contributed by atoms with Crippen LogP contribution in [0.1, 0.15) is 67.4 Å². The van der Waals surface area contributed by atoms with Crippen molar-refractivity contribution in [1.29, 1.82) is 0 Å². The molecule has 2 aromatic rings. The van der Waals surface area contributed by atoms with Crippen LogP contribution in [-0.4, -0.2) is 23.4 Å². The molecule has 2 aliphatic rings. The van der Waals surface area contributed by atoms with Crippen molar-refractivity contribution in [3.05, 3.63) is 46.6 Å². The predicted molar refractivity (Wildman–Crippen MR) is 112 cm³/mol. The fourth-order valence-electron chi connectivity index (χ4n) is 4.29. The molecule has 154 valence electrons. The van der Waals surface area contributed by atoms with Crippen LogP contribution in [0.5, 0.6) is 0 Å². The van der Waals surface area contributed by atoms with Crippen molar-refractivity contribution in [2.24, 2.45) is 5.92 Å². The topological polar surface area (TPSA) is 42.0 Å². The minimum Gasteiger partial charge on any atom is -0.352 e. The van der Waals surface area contributed by atoms with Gasteiger partial charge in [0.1, 0.15) is 0 Å². The maximum atomic E-state index is 13.3. The third-order valence-electron chi connectivity index (χ3n) is 6.06. The largest absolute Gasteiger partial charge is 0.352 e. The van der Waals surface area contributed by atoms with E-state index in [1.165, 1.54) is 18.4 Å². The van der Waals surface area contributed by atoms with Gasteiger partial charge in [0.2, 0.25) is 5.92 Å². The van der Waals surface area contributed by atoms with E-state index >= 15 is 0 Å². The van der Waals surface area contributed by atoms with Crippen LogP contribution in [0, 0.1) is 5.92 Å². The molecule has 3 nitrogen and oxygen atoms in total. The second-order valence-electron chi connectivity index (χ2n) is 8.17. The van der Waals surface area contributed by atoms with Crippen LogP contribution in [0.15, 0.2) is 30.3 Å². The highest BCUT2D eigenvalue weighted by molar-refractivity contribution is 6.35. The molecule has 4 rings (SSSR count). The summed E-state index contributed by atoms with van der Waals surface area (Å²) in [7, 11) is 0. The third-order valence-corrected chi connectivity index (χ3v) is 6.37. The highest BCUT2D eigenvalue weighted by Crippen LogP contribution is 2.36. The molecule has 0 unspecified atom stereocenters. The lowest BCUT2D eigenvalue weighted by Crippen LogP contribution is -2.34. The fraction of sp³-hybridized carbons (Fsp3) is 0.478. The zero-order chi connectivity index (χ0) is 20.4. The number of amides is 1. The summed E-state index contributed by atoms with van der Waals surface area (Å²) in [4.78, 5) is 17.6. The van der Waals surface area contributed by atoms with Crippen LogP contribution in [0.4, 0.5) is 8.78 Å². The molecule has 2 aliphatic carbocycles. The molecule has 1 heterocycles. The van der Waals surface area contributed by atoms with Crippen LogP contribution in [0.2, 0.25) is 5.02 Å². The lowest BCUT2D eigenvalue weighted by Gasteiger charge is -2.28. The summed E-state index contributed by atoms with van der Waals surface area (Å²) in [6, 6.07) is 7.40. The van der Waals surface area contributed by atoms with Crippen molar-refractivity contribution in [1.82, 2.24) is 10.3 Å². The average molecular weight is 419 g/mol. The Labute approximate surface area is 174 Å². The summed E-state index contributed by atoms with van der Waals surface area (Å²) in [5.74, 6) is -2.75. The van der Waals surface area contributed by atoms with Crippen LogP contribution < -0.4 is 5.32 Å². The zero-order valence-corrected chi connectivity index (χ0v) is 17.1. The summed E-state index contributed by atoms with van der Waals surface area (Å²) in [5.41, 5.74) is 3.35. The van der Waals surface area contributed by atoms with Gasteiger partial charge >= 0.3 is 0 Å². The minimum absolute atomic E-state index is 0.0790. The first-order valence-corrected chi connectivity index (χ1v) is 10.8. The lowest BCUT2D eigenvalue weighted by atomic mass is 9.87. The van der Waals surface area contributed by atoms with Crippen LogP contribution in [0.25, 0.3) is 16.5 Å². The molecule has 0 radical (unpaired) electrons. The Balaban J connectivity index is 1.52. The van der Waals surface area contributed by atoms with E-state index in [1.807, 2.05) is 18.2 Å². The molecule has 0 bridgehead atoms. The first-order valence-electron chi connectivity index (χ1n) is 10.4. The van der Waals surface area contributed by atoms with E-state index in [2.05, 4.69) is 11.4 Å². The van der Waals surface area contributed by atoms with Gasteiger partial charge in [0.25, 0.3) is 5.91 Å². The molecule has 0 aliphatic heterocycles. The standard InChI is InChI=1S/C23H25ClF2N2O/c24-18-7-9-20-17(6-8-19(28-20)16-4-2-1-3-5-16)21(18)22(29)27-14-15-10-12-23(25,26)13-11-15/h4,6-9,15H,1-3,5,10-14H2,(H,27,29). The number of halogens is 3. The van der Waals surface area contributed by atoms with E-state index in [1.54, 1.807) is 6.07 Å². The quantitative estimate of drug-likeness (QED) is 0.624. The number of allylic oxidation sites excluding steroid dienone is 2. The Morgan fingerprint density at radius 1 is 1.17 bits per heavy atom. The number of rotatable bonds is 4. The normalized spacial score (nSPS) is 19.8. The average Bonchev–Trinajstić information content (AvgIpc) is 2.73. The number of benzene rings is 1. The Hall–Kier alpha value is -2.01. The molecule has 6 heteroatoms. The SMILES string of the molecule is O=C(NCC1CCC(F)(F)CC1)c1c(Cl)ccc2nc(C3=CCCCC3)ccc12. The van der Waals surface area contributed by atoms with Gasteiger partial charge in [-0.2, -0.15) is 0 Å². The van der Waals surface area contributed by atoms with E-state index in [4.69, 9.17) is 16.6 Å². The van der Waals surface area contributed by atoms with E-state index < -0.39 is 5.92 Å². The molecule has 1 saturated carbocycles. The Kier molecular flexibility index (Phi) is 5.86. The zero-order valence-electron chi connectivity index (χ0n) is 16.3. The monoisotopic (exact) mass is 418 g/mol. The molecular weight excluding hydrogens is 394 g/mol. The molecule has 0 saturated heterocycles.